The summed E-state index contributed by atoms with van der Waals surface area (Å²) in [4.78, 5) is 73.9. The van der Waals surface area contributed by atoms with Crippen LogP contribution in [0.25, 0.3) is 21.6 Å². The molecule has 3 aromatic heterocycles. The highest BCUT2D eigenvalue weighted by molar-refractivity contribution is 8.77. The highest BCUT2D eigenvalue weighted by Crippen LogP contribution is 2.50. The Hall–Kier alpha value is -3.43. The first kappa shape index (κ1) is 45.7. The number of phosphoric acid groups is 2. The number of esters is 1. The van der Waals surface area contributed by atoms with Crippen LogP contribution in [0.3, 0.4) is 0 Å². The topological polar surface area (TPSA) is 393 Å². The Morgan fingerprint density at radius 3 is 2.53 bits per heavy atom. The summed E-state index contributed by atoms with van der Waals surface area (Å²) in [5.41, 5.74) is 26.0. The number of imidazole rings is 1. The van der Waals surface area contributed by atoms with E-state index >= 15 is 0 Å². The van der Waals surface area contributed by atoms with E-state index in [4.69, 9.17) is 46.0 Å². The van der Waals surface area contributed by atoms with E-state index in [0.717, 1.165) is 10.9 Å². The minimum atomic E-state index is -5.19. The van der Waals surface area contributed by atoms with E-state index in [1.807, 2.05) is 20.8 Å². The van der Waals surface area contributed by atoms with Crippen molar-refractivity contribution in [1.82, 2.24) is 29.1 Å². The molecule has 5 rings (SSSR count). The maximum absolute atomic E-state index is 13.5. The van der Waals surface area contributed by atoms with Crippen molar-refractivity contribution >= 4 is 66.0 Å². The quantitative estimate of drug-likeness (QED) is 0.0233. The number of fused-ring (bicyclic) bond motifs is 1. The molecule has 320 valence electrons. The molecule has 0 spiro atoms. The van der Waals surface area contributed by atoms with Crippen LogP contribution >= 0.6 is 37.2 Å². The van der Waals surface area contributed by atoms with Crippen molar-refractivity contribution in [2.75, 3.05) is 31.2 Å². The first-order chi connectivity index (χ1) is 27.1. The number of hydrogen-bond donors (Lipinski definition) is 7. The molecule has 0 aromatic carbocycles. The third kappa shape index (κ3) is 12.1. The van der Waals surface area contributed by atoms with Gasteiger partial charge in [-0.3, -0.25) is 27.5 Å². The van der Waals surface area contributed by atoms with Crippen LogP contribution in [0.1, 0.15) is 46.1 Å². The second-order valence-corrected chi connectivity index (χ2v) is 19.8. The van der Waals surface area contributed by atoms with Crippen molar-refractivity contribution < 1.29 is 61.5 Å². The lowest BCUT2D eigenvalue weighted by Gasteiger charge is -2.26. The zero-order chi connectivity index (χ0) is 42.6. The van der Waals surface area contributed by atoms with Gasteiger partial charge >= 0.3 is 27.3 Å². The minimum absolute atomic E-state index is 0.00217. The zero-order valence-electron chi connectivity index (χ0n) is 30.9. The van der Waals surface area contributed by atoms with Crippen LogP contribution in [0.5, 0.6) is 0 Å². The smallest absolute Gasteiger partial charge is 0.455 e. The summed E-state index contributed by atoms with van der Waals surface area (Å²) in [7, 11) is -7.39. The number of carbonyl (C=O) groups excluding carboxylic acids is 1. The molecular weight excluding hydrogens is 854 g/mol. The van der Waals surface area contributed by atoms with Crippen LogP contribution in [0.4, 0.5) is 11.6 Å². The van der Waals surface area contributed by atoms with Crippen LogP contribution in [0.15, 0.2) is 34.8 Å². The van der Waals surface area contributed by atoms with Gasteiger partial charge in [0.05, 0.1) is 19.5 Å². The Morgan fingerprint density at radius 2 is 1.86 bits per heavy atom. The monoisotopic (exact) mass is 896 g/mol. The summed E-state index contributed by atoms with van der Waals surface area (Å²) in [6.45, 7) is 4.23. The molecule has 3 aromatic rings. The first-order valence-corrected chi connectivity index (χ1v) is 22.3. The van der Waals surface area contributed by atoms with E-state index in [2.05, 4.69) is 34.5 Å². The highest BCUT2D eigenvalue weighted by atomic mass is 33.1. The number of nitrogens with zero attached hydrogens (tertiary/aromatic N) is 9. The van der Waals surface area contributed by atoms with E-state index in [0.29, 0.717) is 0 Å². The standard InChI is InChI=1S/C28H42N12O14P2S2/c1-28(2,3)58-57-13(8-36-38-32)6-14(29)26(42)53-22-17(52-25(21(22)41)40-12-35-20-23(31)33-11-34-24(20)40)10-50-56(47,48)54-15-7-19(39-5-4-18(30)37-27(39)43)51-16(15)9-49-55(44,45)46/h4-5,11-17,19,21-22,25,41H,6-10,29H2,1-3H3,(H,47,48)(H2,30,37,43)(H2,31,33,34)(H2,44,45,46)/t13?,14-,15+,16-,17+,19?,21-,22-,25?/m1/s1. The second kappa shape index (κ2) is 18.9. The molecule has 2 aliphatic rings. The van der Waals surface area contributed by atoms with Crippen molar-refractivity contribution in [3.63, 3.8) is 0 Å². The Morgan fingerprint density at radius 1 is 1.14 bits per heavy atom. The van der Waals surface area contributed by atoms with Gasteiger partial charge in [-0.15, -0.1) is 0 Å². The number of aromatic nitrogens is 6. The molecule has 0 saturated carbocycles. The number of rotatable bonds is 18. The maximum atomic E-state index is 13.5. The van der Waals surface area contributed by atoms with Gasteiger partial charge in [0, 0.05) is 34.1 Å². The molecule has 10 atom stereocenters. The van der Waals surface area contributed by atoms with E-state index < -0.39 is 94.8 Å². The molecule has 2 saturated heterocycles. The van der Waals surface area contributed by atoms with Crippen molar-refractivity contribution in [3.8, 4) is 0 Å². The number of nitrogen functional groups attached to an aromatic ring is 2. The normalized spacial score (nSPS) is 25.9. The van der Waals surface area contributed by atoms with Crippen molar-refractivity contribution in [1.29, 1.82) is 0 Å². The fraction of sp³-hybridized carbons (Fsp3) is 0.643. The lowest BCUT2D eigenvalue weighted by molar-refractivity contribution is -0.158. The molecule has 4 unspecified atom stereocenters. The molecule has 0 aliphatic carbocycles. The van der Waals surface area contributed by atoms with Crippen LogP contribution < -0.4 is 22.9 Å². The molecule has 2 aliphatic heterocycles. The number of aliphatic hydroxyl groups excluding tert-OH is 1. The summed E-state index contributed by atoms with van der Waals surface area (Å²) in [5, 5.41) is 14.7. The van der Waals surface area contributed by atoms with Gasteiger partial charge in [-0.05, 0) is 18.0 Å². The third-order valence-corrected chi connectivity index (χ3v) is 13.6. The van der Waals surface area contributed by atoms with Crippen molar-refractivity contribution in [3.05, 3.63) is 45.8 Å². The fourth-order valence-electron chi connectivity index (χ4n) is 5.69. The minimum Gasteiger partial charge on any atom is -0.455 e. The Labute approximate surface area is 336 Å². The van der Waals surface area contributed by atoms with Gasteiger partial charge in [-0.2, -0.15) is 4.98 Å². The van der Waals surface area contributed by atoms with Crippen LogP contribution in [0, 0.1) is 0 Å². The molecule has 30 heteroatoms. The predicted octanol–water partition coefficient (Wildman–Crippen LogP) is 0.893. The number of aliphatic hydroxyl groups is 1. The molecule has 10 N–H and O–H groups in total. The van der Waals surface area contributed by atoms with E-state index in [1.165, 1.54) is 44.7 Å². The van der Waals surface area contributed by atoms with Crippen molar-refractivity contribution in [2.45, 2.75) is 92.6 Å². The van der Waals surface area contributed by atoms with Gasteiger partial charge in [0.15, 0.2) is 23.8 Å². The predicted molar refractivity (Wildman–Crippen MR) is 205 cm³/mol. The zero-order valence-corrected chi connectivity index (χ0v) is 34.3. The maximum Gasteiger partial charge on any atom is 0.472 e. The number of carbonyl (C=O) groups is 1. The molecule has 0 radical (unpaired) electrons. The van der Waals surface area contributed by atoms with Gasteiger partial charge in [0.25, 0.3) is 0 Å². The van der Waals surface area contributed by atoms with Gasteiger partial charge in [-0.25, -0.2) is 28.9 Å². The third-order valence-electron chi connectivity index (χ3n) is 8.24. The number of nitrogens with two attached hydrogens (primary N) is 3. The summed E-state index contributed by atoms with van der Waals surface area (Å²) >= 11 is 0. The van der Waals surface area contributed by atoms with Crippen LogP contribution in [-0.2, 0) is 41.7 Å². The summed E-state index contributed by atoms with van der Waals surface area (Å²) in [6, 6.07) is -0.0130. The van der Waals surface area contributed by atoms with Crippen LogP contribution in [0.2, 0.25) is 0 Å². The number of azide groups is 1. The van der Waals surface area contributed by atoms with E-state index in [1.54, 1.807) is 0 Å². The van der Waals surface area contributed by atoms with Gasteiger partial charge in [0.2, 0.25) is 0 Å². The number of ether oxygens (including phenoxy) is 3. The van der Waals surface area contributed by atoms with E-state index in [-0.39, 0.29) is 46.9 Å². The second-order valence-electron chi connectivity index (χ2n) is 13.8. The van der Waals surface area contributed by atoms with Crippen LogP contribution in [-0.4, -0.2) is 121 Å². The average molecular weight is 897 g/mol. The fourth-order valence-corrected chi connectivity index (χ4v) is 9.52. The largest absolute Gasteiger partial charge is 0.472 e. The Kier molecular flexibility index (Phi) is 14.9. The lowest BCUT2D eigenvalue weighted by Crippen LogP contribution is -2.44. The SMILES string of the molecule is CC(C)(C)SSC(CN=[N+]=[N-])C[C@@H](N)C(=O)O[C@@H]1[C@H](COP(=O)(O)O[C@H]2CC(n3ccc(N)nc3=O)O[C@@H]2COP(=O)(O)O)OC(n2cnc3c(N)ncnc32)[C@@H]1O. The molecule has 58 heavy (non-hydrogen) atoms. The molecule has 5 heterocycles. The Balaban J connectivity index is 1.34. The summed E-state index contributed by atoms with van der Waals surface area (Å²) in [6.07, 6.45) is -6.99. The molecule has 26 nitrogen and oxygen atoms in total. The highest BCUT2D eigenvalue weighted by Gasteiger charge is 2.50. The summed E-state index contributed by atoms with van der Waals surface area (Å²) in [5.74, 6) is -1.08. The summed E-state index contributed by atoms with van der Waals surface area (Å²) < 4.78 is 59.6. The van der Waals surface area contributed by atoms with Gasteiger partial charge in [0.1, 0.15) is 54.3 Å². The molecule has 0 amide bonds. The van der Waals surface area contributed by atoms with Gasteiger partial charge < -0.3 is 51.2 Å². The lowest BCUT2D eigenvalue weighted by atomic mass is 10.1. The average Bonchev–Trinajstić information content (AvgIpc) is 3.82. The number of anilines is 2. The first-order valence-electron chi connectivity index (χ1n) is 17.1. The molecule has 0 bridgehead atoms. The number of hydrogen-bond acceptors (Lipinski definition) is 21. The molecule has 2 fully saturated rings. The Bertz CT molecular complexity index is 2130. The van der Waals surface area contributed by atoms with E-state index in [9.17, 15) is 38.5 Å². The van der Waals surface area contributed by atoms with Gasteiger partial charge in [-0.1, -0.05) is 47.5 Å². The molecular formula is C28H42N12O14P2S2. The number of phosphoric ester groups is 2. The van der Waals surface area contributed by atoms with Crippen molar-refractivity contribution in [2.24, 2.45) is 10.8 Å².